The van der Waals surface area contributed by atoms with Crippen LogP contribution in [0.15, 0.2) is 40.9 Å². The molecule has 2 aromatic heterocycles. The number of carbonyl (C=O) groups excluding carboxylic acids is 2. The van der Waals surface area contributed by atoms with Gasteiger partial charge in [-0.1, -0.05) is 35.5 Å². The van der Waals surface area contributed by atoms with Gasteiger partial charge in [-0.2, -0.15) is 0 Å². The standard InChI is InChI=1S/C22H24N4O3S/c1-13-18-15(10-16(23-20(18)29-25-13)14-8-6-5-7-9-14)21(28)26-12-30-11-17(26)19(27)24-22(2,3)4/h5-10,17H,11-12H2,1-4H3,(H,24,27). The van der Waals surface area contributed by atoms with E-state index in [-0.39, 0.29) is 17.4 Å². The number of aromatic nitrogens is 2. The molecular weight excluding hydrogens is 400 g/mol. The van der Waals surface area contributed by atoms with E-state index in [1.807, 2.05) is 51.1 Å². The minimum Gasteiger partial charge on any atom is -0.350 e. The Hall–Kier alpha value is -2.87. The summed E-state index contributed by atoms with van der Waals surface area (Å²) in [4.78, 5) is 32.6. The molecule has 1 atom stereocenters. The lowest BCUT2D eigenvalue weighted by atomic mass is 10.0. The Balaban J connectivity index is 1.75. The van der Waals surface area contributed by atoms with Crippen molar-refractivity contribution in [1.29, 1.82) is 0 Å². The number of pyridine rings is 1. The first kappa shape index (κ1) is 20.4. The summed E-state index contributed by atoms with van der Waals surface area (Å²) in [5.41, 5.74) is 2.51. The highest BCUT2D eigenvalue weighted by Crippen LogP contribution is 2.31. The summed E-state index contributed by atoms with van der Waals surface area (Å²) >= 11 is 1.57. The third-order valence-corrected chi connectivity index (χ3v) is 5.87. The summed E-state index contributed by atoms with van der Waals surface area (Å²) in [6.07, 6.45) is 0. The largest absolute Gasteiger partial charge is 0.350 e. The van der Waals surface area contributed by atoms with Crippen LogP contribution in [0, 0.1) is 6.92 Å². The summed E-state index contributed by atoms with van der Waals surface area (Å²) in [5, 5.41) is 7.59. The molecule has 1 aromatic carbocycles. The van der Waals surface area contributed by atoms with Gasteiger partial charge in [0, 0.05) is 16.9 Å². The topological polar surface area (TPSA) is 88.3 Å². The fourth-order valence-electron chi connectivity index (χ4n) is 3.49. The van der Waals surface area contributed by atoms with Crippen molar-refractivity contribution in [1.82, 2.24) is 20.4 Å². The Morgan fingerprint density at radius 2 is 1.97 bits per heavy atom. The van der Waals surface area contributed by atoms with Gasteiger partial charge in [-0.3, -0.25) is 9.59 Å². The summed E-state index contributed by atoms with van der Waals surface area (Å²) in [5.74, 6) is 0.660. The maximum Gasteiger partial charge on any atom is 0.259 e. The lowest BCUT2D eigenvalue weighted by Gasteiger charge is -2.28. The smallest absolute Gasteiger partial charge is 0.259 e. The van der Waals surface area contributed by atoms with Crippen LogP contribution in [0.5, 0.6) is 0 Å². The van der Waals surface area contributed by atoms with E-state index in [1.165, 1.54) is 0 Å². The number of nitrogens with one attached hydrogen (secondary N) is 1. The predicted molar refractivity (Wildman–Crippen MR) is 117 cm³/mol. The van der Waals surface area contributed by atoms with Gasteiger partial charge in [-0.05, 0) is 33.8 Å². The number of rotatable bonds is 3. The maximum absolute atomic E-state index is 13.6. The number of carbonyl (C=O) groups is 2. The van der Waals surface area contributed by atoms with E-state index >= 15 is 0 Å². The van der Waals surface area contributed by atoms with Gasteiger partial charge >= 0.3 is 0 Å². The Bertz CT molecular complexity index is 1100. The number of aryl methyl sites for hydroxylation is 1. The maximum atomic E-state index is 13.6. The van der Waals surface area contributed by atoms with Crippen molar-refractivity contribution in [3.05, 3.63) is 47.7 Å². The van der Waals surface area contributed by atoms with E-state index < -0.39 is 6.04 Å². The van der Waals surface area contributed by atoms with Crippen molar-refractivity contribution >= 4 is 34.7 Å². The molecule has 1 unspecified atom stereocenters. The molecule has 0 saturated carbocycles. The lowest BCUT2D eigenvalue weighted by molar-refractivity contribution is -0.125. The number of fused-ring (bicyclic) bond motifs is 1. The van der Waals surface area contributed by atoms with E-state index in [0.717, 1.165) is 5.56 Å². The molecule has 156 valence electrons. The van der Waals surface area contributed by atoms with E-state index in [0.29, 0.717) is 39.7 Å². The number of thioether (sulfide) groups is 1. The zero-order chi connectivity index (χ0) is 21.5. The van der Waals surface area contributed by atoms with Crippen LogP contribution in [0.2, 0.25) is 0 Å². The summed E-state index contributed by atoms with van der Waals surface area (Å²) in [6, 6.07) is 10.9. The molecule has 8 heteroatoms. The second-order valence-corrected chi connectivity index (χ2v) is 9.40. The zero-order valence-electron chi connectivity index (χ0n) is 17.4. The molecule has 7 nitrogen and oxygen atoms in total. The van der Waals surface area contributed by atoms with Crippen LogP contribution in [0.3, 0.4) is 0 Å². The minimum atomic E-state index is -0.523. The third-order valence-electron chi connectivity index (χ3n) is 4.86. The number of hydrogen-bond acceptors (Lipinski definition) is 6. The molecule has 2 amide bonds. The van der Waals surface area contributed by atoms with Crippen molar-refractivity contribution in [2.45, 2.75) is 39.3 Å². The molecule has 1 N–H and O–H groups in total. The third kappa shape index (κ3) is 3.92. The Morgan fingerprint density at radius 3 is 2.67 bits per heavy atom. The molecule has 0 radical (unpaired) electrons. The Kier molecular flexibility index (Phi) is 5.27. The highest BCUT2D eigenvalue weighted by molar-refractivity contribution is 7.99. The number of benzene rings is 1. The highest BCUT2D eigenvalue weighted by Gasteiger charge is 2.37. The van der Waals surface area contributed by atoms with Gasteiger partial charge in [0.25, 0.3) is 11.6 Å². The molecule has 3 heterocycles. The normalized spacial score (nSPS) is 16.8. The van der Waals surface area contributed by atoms with Crippen molar-refractivity contribution < 1.29 is 14.1 Å². The van der Waals surface area contributed by atoms with Gasteiger partial charge in [-0.15, -0.1) is 11.8 Å². The molecule has 0 spiro atoms. The predicted octanol–water partition coefficient (Wildman–Crippen LogP) is 3.63. The molecule has 3 aromatic rings. The van der Waals surface area contributed by atoms with Crippen molar-refractivity contribution in [2.24, 2.45) is 0 Å². The second kappa shape index (κ2) is 7.75. The fourth-order valence-corrected chi connectivity index (χ4v) is 4.64. The van der Waals surface area contributed by atoms with E-state index in [9.17, 15) is 9.59 Å². The van der Waals surface area contributed by atoms with E-state index in [1.54, 1.807) is 29.7 Å². The molecule has 1 saturated heterocycles. The van der Waals surface area contributed by atoms with Gasteiger partial charge < -0.3 is 14.7 Å². The van der Waals surface area contributed by atoms with Gasteiger partial charge in [0.05, 0.1) is 28.2 Å². The summed E-state index contributed by atoms with van der Waals surface area (Å²) in [7, 11) is 0. The first-order chi connectivity index (χ1) is 14.2. The van der Waals surface area contributed by atoms with Crippen LogP contribution in [0.25, 0.3) is 22.4 Å². The molecule has 30 heavy (non-hydrogen) atoms. The number of nitrogens with zero attached hydrogens (tertiary/aromatic N) is 3. The average molecular weight is 425 g/mol. The van der Waals surface area contributed by atoms with Crippen LogP contribution >= 0.6 is 11.8 Å². The fraction of sp³-hybridized carbons (Fsp3) is 0.364. The summed E-state index contributed by atoms with van der Waals surface area (Å²) in [6.45, 7) is 7.57. The second-order valence-electron chi connectivity index (χ2n) is 8.40. The average Bonchev–Trinajstić information content (AvgIpc) is 3.33. The molecular formula is C22H24N4O3S. The van der Waals surface area contributed by atoms with Gasteiger partial charge in [-0.25, -0.2) is 4.98 Å². The van der Waals surface area contributed by atoms with Crippen LogP contribution in [0.1, 0.15) is 36.8 Å². The van der Waals surface area contributed by atoms with Crippen molar-refractivity contribution in [3.63, 3.8) is 0 Å². The Morgan fingerprint density at radius 1 is 1.23 bits per heavy atom. The van der Waals surface area contributed by atoms with Gasteiger partial charge in [0.1, 0.15) is 6.04 Å². The van der Waals surface area contributed by atoms with Crippen LogP contribution < -0.4 is 5.32 Å². The lowest BCUT2D eigenvalue weighted by Crippen LogP contribution is -2.52. The number of amides is 2. The monoisotopic (exact) mass is 424 g/mol. The minimum absolute atomic E-state index is 0.142. The molecule has 0 bridgehead atoms. The van der Waals surface area contributed by atoms with Crippen LogP contribution in [-0.4, -0.2) is 50.1 Å². The zero-order valence-corrected chi connectivity index (χ0v) is 18.2. The SMILES string of the molecule is Cc1noc2nc(-c3ccccc3)cc(C(=O)N3CSCC3C(=O)NC(C)(C)C)c12. The molecule has 4 rings (SSSR count). The highest BCUT2D eigenvalue weighted by atomic mass is 32.2. The van der Waals surface area contributed by atoms with Crippen LogP contribution in [0.4, 0.5) is 0 Å². The first-order valence-corrected chi connectivity index (χ1v) is 10.9. The van der Waals surface area contributed by atoms with Crippen LogP contribution in [-0.2, 0) is 4.79 Å². The Labute approximate surface area is 179 Å². The van der Waals surface area contributed by atoms with Crippen molar-refractivity contribution in [3.8, 4) is 11.3 Å². The molecule has 1 aliphatic rings. The molecule has 0 aliphatic carbocycles. The van der Waals surface area contributed by atoms with Crippen molar-refractivity contribution in [2.75, 3.05) is 11.6 Å². The van der Waals surface area contributed by atoms with E-state index in [4.69, 9.17) is 4.52 Å². The van der Waals surface area contributed by atoms with E-state index in [2.05, 4.69) is 15.5 Å². The van der Waals surface area contributed by atoms with Gasteiger partial charge in [0.15, 0.2) is 0 Å². The number of hydrogen-bond donors (Lipinski definition) is 1. The molecule has 1 aliphatic heterocycles. The summed E-state index contributed by atoms with van der Waals surface area (Å²) < 4.78 is 5.39. The molecule has 1 fully saturated rings. The van der Waals surface area contributed by atoms with Gasteiger partial charge in [0.2, 0.25) is 5.91 Å². The first-order valence-electron chi connectivity index (χ1n) is 9.78. The quantitative estimate of drug-likeness (QED) is 0.691.